The van der Waals surface area contributed by atoms with E-state index in [1.807, 2.05) is 24.3 Å². The van der Waals surface area contributed by atoms with E-state index in [0.29, 0.717) is 0 Å². The summed E-state index contributed by atoms with van der Waals surface area (Å²) in [6.45, 7) is 2.01. The lowest BCUT2D eigenvalue weighted by atomic mass is 10.1. The van der Waals surface area contributed by atoms with E-state index in [0.717, 1.165) is 71.6 Å². The Morgan fingerprint density at radius 2 is 1.74 bits per heavy atom. The minimum Gasteiger partial charge on any atom is -0.399 e. The number of nitrogens with zero attached hydrogens (tertiary/aromatic N) is 3. The first-order valence-corrected chi connectivity index (χ1v) is 11.9. The van der Waals surface area contributed by atoms with Crippen molar-refractivity contribution >= 4 is 22.7 Å². The summed E-state index contributed by atoms with van der Waals surface area (Å²) in [4.78, 5) is 0. The van der Waals surface area contributed by atoms with Crippen LogP contribution in [-0.2, 0) is 26.4 Å². The van der Waals surface area contributed by atoms with E-state index in [9.17, 15) is 0 Å². The van der Waals surface area contributed by atoms with Gasteiger partial charge in [0.05, 0.1) is 37.7 Å². The quantitative estimate of drug-likeness (QED) is 0.151. The zero-order valence-electron chi connectivity index (χ0n) is 20.2. The highest BCUT2D eigenvalue weighted by molar-refractivity contribution is 5.63. The summed E-state index contributed by atoms with van der Waals surface area (Å²) in [5.41, 5.74) is 25.1. The summed E-state index contributed by atoms with van der Waals surface area (Å²) in [7, 11) is 4.27. The highest BCUT2D eigenvalue weighted by Gasteiger charge is 2.17. The van der Waals surface area contributed by atoms with Crippen molar-refractivity contribution in [1.82, 2.24) is 4.68 Å². The third-order valence-corrected chi connectivity index (χ3v) is 6.46. The number of allylic oxidation sites excluding steroid dienone is 2. The normalized spacial score (nSPS) is 13.9. The Morgan fingerprint density at radius 1 is 0.941 bits per heavy atom. The fraction of sp³-hybridized carbons (Fsp3) is 0.296. The van der Waals surface area contributed by atoms with Gasteiger partial charge < -0.3 is 22.3 Å². The molecule has 0 atom stereocenters. The smallest absolute Gasteiger partial charge is 0.195 e. The summed E-state index contributed by atoms with van der Waals surface area (Å²) in [6.07, 6.45) is 16.8. The van der Waals surface area contributed by atoms with Crippen LogP contribution in [0.15, 0.2) is 79.4 Å². The number of hydrogen-bond acceptors (Lipinski definition) is 4. The van der Waals surface area contributed by atoms with Crippen LogP contribution in [0.1, 0.15) is 24.0 Å². The summed E-state index contributed by atoms with van der Waals surface area (Å²) in [5.74, 6) is 0. The standard InChI is InChI=1S/C27H37N7/c1-32-14-7-16-33(32)15-5-8-22-21-25(11-12-26(22)29)30-31-27-13-10-24(28)20-23(27)9-6-19-34(2)17-3-4-18-34/h3-4,7,10-14,16-18,20-21,30-31H,5-6,8-9,15,19,28-29H2,1-2H3/q+2. The summed E-state index contributed by atoms with van der Waals surface area (Å²) >= 11 is 0. The van der Waals surface area contributed by atoms with Gasteiger partial charge in [-0.2, -0.15) is 4.68 Å². The van der Waals surface area contributed by atoms with Gasteiger partial charge in [0.15, 0.2) is 13.2 Å². The number of anilines is 4. The molecule has 0 amide bonds. The van der Waals surface area contributed by atoms with E-state index in [4.69, 9.17) is 11.5 Å². The van der Waals surface area contributed by atoms with Crippen LogP contribution in [0, 0.1) is 0 Å². The third-order valence-electron chi connectivity index (χ3n) is 6.46. The molecule has 178 valence electrons. The number of aromatic nitrogens is 2. The van der Waals surface area contributed by atoms with Crippen molar-refractivity contribution in [2.24, 2.45) is 7.05 Å². The van der Waals surface area contributed by atoms with E-state index in [-0.39, 0.29) is 0 Å². The fourth-order valence-corrected chi connectivity index (χ4v) is 4.40. The molecule has 7 heteroatoms. The summed E-state index contributed by atoms with van der Waals surface area (Å²) in [6, 6.07) is 14.2. The van der Waals surface area contributed by atoms with Crippen LogP contribution in [0.2, 0.25) is 0 Å². The Bertz CT molecular complexity index is 1160. The summed E-state index contributed by atoms with van der Waals surface area (Å²) < 4.78 is 5.14. The number of nitrogen functional groups attached to an aromatic ring is 2. The van der Waals surface area contributed by atoms with E-state index in [1.165, 1.54) is 5.56 Å². The number of nitrogens with one attached hydrogen (secondary N) is 2. The van der Waals surface area contributed by atoms with Crippen LogP contribution in [0.5, 0.6) is 0 Å². The molecule has 0 spiro atoms. The zero-order valence-corrected chi connectivity index (χ0v) is 20.2. The molecule has 0 bridgehead atoms. The van der Waals surface area contributed by atoms with Crippen molar-refractivity contribution < 1.29 is 9.16 Å². The number of nitrogens with two attached hydrogens (primary N) is 2. The van der Waals surface area contributed by atoms with E-state index in [2.05, 4.69) is 89.5 Å². The van der Waals surface area contributed by atoms with Crippen LogP contribution in [0.4, 0.5) is 22.7 Å². The fourth-order valence-electron chi connectivity index (χ4n) is 4.40. The molecule has 0 aliphatic carbocycles. The first kappa shape index (κ1) is 23.4. The zero-order chi connectivity index (χ0) is 24.0. The molecular formula is C27H37N7+2. The Kier molecular flexibility index (Phi) is 7.23. The lowest BCUT2D eigenvalue weighted by Gasteiger charge is -2.23. The van der Waals surface area contributed by atoms with Gasteiger partial charge in [-0.1, -0.05) is 0 Å². The third kappa shape index (κ3) is 5.99. The molecule has 6 N–H and O–H groups in total. The summed E-state index contributed by atoms with van der Waals surface area (Å²) in [5, 5.41) is 0. The maximum atomic E-state index is 6.26. The number of rotatable bonds is 11. The highest BCUT2D eigenvalue weighted by Crippen LogP contribution is 2.24. The molecule has 1 aliphatic heterocycles. The Morgan fingerprint density at radius 3 is 2.50 bits per heavy atom. The maximum absolute atomic E-state index is 6.26. The first-order chi connectivity index (χ1) is 16.4. The molecular weight excluding hydrogens is 422 g/mol. The van der Waals surface area contributed by atoms with Gasteiger partial charge in [0.25, 0.3) is 0 Å². The molecule has 0 fully saturated rings. The molecule has 7 nitrogen and oxygen atoms in total. The van der Waals surface area contributed by atoms with Gasteiger partial charge in [-0.3, -0.25) is 4.48 Å². The SMILES string of the molecule is C[n+]1cccn1CCCc1cc(NNc2ccc(N)cc2CCC[N+]2(C)C=CC=C2)ccc1N. The van der Waals surface area contributed by atoms with E-state index < -0.39 is 0 Å². The van der Waals surface area contributed by atoms with Crippen LogP contribution in [0.3, 0.4) is 0 Å². The monoisotopic (exact) mass is 459 g/mol. The average molecular weight is 460 g/mol. The molecule has 3 aromatic rings. The van der Waals surface area contributed by atoms with Crippen molar-refractivity contribution in [3.05, 3.63) is 90.5 Å². The predicted molar refractivity (Wildman–Crippen MR) is 141 cm³/mol. The van der Waals surface area contributed by atoms with Gasteiger partial charge in [0.1, 0.15) is 12.4 Å². The van der Waals surface area contributed by atoms with Crippen molar-refractivity contribution in [3.63, 3.8) is 0 Å². The number of aryl methyl sites for hydroxylation is 4. The van der Waals surface area contributed by atoms with Gasteiger partial charge in [0, 0.05) is 23.9 Å². The number of hydrogen-bond donors (Lipinski definition) is 4. The second-order valence-electron chi connectivity index (χ2n) is 9.27. The predicted octanol–water partition coefficient (Wildman–Crippen LogP) is 3.97. The van der Waals surface area contributed by atoms with Gasteiger partial charge in [-0.15, -0.1) is 4.68 Å². The second-order valence-corrected chi connectivity index (χ2v) is 9.27. The van der Waals surface area contributed by atoms with Crippen LogP contribution < -0.4 is 27.0 Å². The van der Waals surface area contributed by atoms with Crippen molar-refractivity contribution in [2.75, 3.05) is 35.9 Å². The van der Waals surface area contributed by atoms with Gasteiger partial charge >= 0.3 is 0 Å². The van der Waals surface area contributed by atoms with Gasteiger partial charge in [-0.25, -0.2) is 0 Å². The second kappa shape index (κ2) is 10.5. The van der Waals surface area contributed by atoms with Crippen LogP contribution in [-0.4, -0.2) is 22.8 Å². The molecule has 1 aliphatic rings. The van der Waals surface area contributed by atoms with Crippen LogP contribution in [0.25, 0.3) is 0 Å². The minimum atomic E-state index is 0.785. The lowest BCUT2D eigenvalue weighted by Crippen LogP contribution is -2.37. The molecule has 0 saturated heterocycles. The number of quaternary nitrogens is 1. The first-order valence-electron chi connectivity index (χ1n) is 11.9. The minimum absolute atomic E-state index is 0.785. The van der Waals surface area contributed by atoms with E-state index in [1.54, 1.807) is 0 Å². The number of hydrazine groups is 1. The molecule has 1 aromatic heterocycles. The Labute approximate surface area is 202 Å². The molecule has 2 aromatic carbocycles. The lowest BCUT2D eigenvalue weighted by molar-refractivity contribution is -0.804. The Balaban J connectivity index is 1.35. The van der Waals surface area contributed by atoms with Crippen molar-refractivity contribution in [2.45, 2.75) is 32.2 Å². The molecule has 4 rings (SSSR count). The molecule has 0 unspecified atom stereocenters. The average Bonchev–Trinajstić information content (AvgIpc) is 3.43. The van der Waals surface area contributed by atoms with Crippen LogP contribution >= 0.6 is 0 Å². The highest BCUT2D eigenvalue weighted by atomic mass is 15.4. The Hall–Kier alpha value is -3.71. The van der Waals surface area contributed by atoms with Gasteiger partial charge in [-0.05, 0) is 78.9 Å². The molecule has 0 saturated carbocycles. The number of benzene rings is 2. The maximum Gasteiger partial charge on any atom is 0.195 e. The van der Waals surface area contributed by atoms with E-state index >= 15 is 0 Å². The van der Waals surface area contributed by atoms with Gasteiger partial charge in [0.2, 0.25) is 0 Å². The van der Waals surface area contributed by atoms with Crippen molar-refractivity contribution in [1.29, 1.82) is 0 Å². The molecule has 34 heavy (non-hydrogen) atoms. The van der Waals surface area contributed by atoms with Crippen molar-refractivity contribution in [3.8, 4) is 0 Å². The molecule has 0 radical (unpaired) electrons. The topological polar surface area (TPSA) is 84.9 Å². The largest absolute Gasteiger partial charge is 0.399 e. The molecule has 2 heterocycles.